The number of fused-ring (bicyclic) bond motifs is 2. The maximum atomic E-state index is 13.3. The molecule has 5 rings (SSSR count). The molecule has 1 aliphatic heterocycles. The standard InChI is InChI=1S/C24H21N3O5S/c1-14-4-3-5-17(15(14)2)25-21(28)12-26-18-8-9-33-22(18)23(29)27(24(26)30)11-16-6-7-19-20(10-16)32-13-31-19/h3-10H,11-13H2,1-2H3,(H,25,28). The van der Waals surface area contributed by atoms with Crippen molar-refractivity contribution in [1.29, 1.82) is 0 Å². The van der Waals surface area contributed by atoms with E-state index >= 15 is 0 Å². The largest absolute Gasteiger partial charge is 0.454 e. The number of aryl methyl sites for hydroxylation is 1. The molecule has 2 aromatic heterocycles. The Bertz CT molecular complexity index is 1520. The first-order valence-electron chi connectivity index (χ1n) is 10.4. The van der Waals surface area contributed by atoms with Crippen molar-refractivity contribution in [3.8, 4) is 11.5 Å². The molecule has 0 atom stereocenters. The Morgan fingerprint density at radius 3 is 2.73 bits per heavy atom. The van der Waals surface area contributed by atoms with Gasteiger partial charge in [0.2, 0.25) is 12.7 Å². The number of aromatic nitrogens is 2. The van der Waals surface area contributed by atoms with Crippen molar-refractivity contribution >= 4 is 33.1 Å². The van der Waals surface area contributed by atoms with Crippen LogP contribution in [0.1, 0.15) is 16.7 Å². The van der Waals surface area contributed by atoms with E-state index in [-0.39, 0.29) is 31.3 Å². The molecule has 0 saturated carbocycles. The van der Waals surface area contributed by atoms with Crippen molar-refractivity contribution < 1.29 is 14.3 Å². The van der Waals surface area contributed by atoms with E-state index < -0.39 is 5.69 Å². The van der Waals surface area contributed by atoms with Crippen molar-refractivity contribution in [2.24, 2.45) is 0 Å². The molecular formula is C24H21N3O5S. The maximum absolute atomic E-state index is 13.3. The summed E-state index contributed by atoms with van der Waals surface area (Å²) in [4.78, 5) is 39.3. The predicted molar refractivity (Wildman–Crippen MR) is 127 cm³/mol. The average Bonchev–Trinajstić information content (AvgIpc) is 3.47. The molecule has 0 fully saturated rings. The summed E-state index contributed by atoms with van der Waals surface area (Å²) >= 11 is 1.25. The molecule has 4 aromatic rings. The lowest BCUT2D eigenvalue weighted by Gasteiger charge is -2.14. The number of anilines is 1. The Morgan fingerprint density at radius 1 is 1.06 bits per heavy atom. The van der Waals surface area contributed by atoms with E-state index in [1.165, 1.54) is 15.9 Å². The Hall–Kier alpha value is -3.85. The van der Waals surface area contributed by atoms with Crippen LogP contribution in [-0.4, -0.2) is 21.8 Å². The van der Waals surface area contributed by atoms with Gasteiger partial charge in [0.1, 0.15) is 11.2 Å². The first-order chi connectivity index (χ1) is 15.9. The molecule has 168 valence electrons. The highest BCUT2D eigenvalue weighted by molar-refractivity contribution is 7.17. The highest BCUT2D eigenvalue weighted by atomic mass is 32.1. The Kier molecular flexibility index (Phi) is 5.26. The third-order valence-corrected chi connectivity index (χ3v) is 6.69. The number of nitrogens with zero attached hydrogens (tertiary/aromatic N) is 2. The average molecular weight is 464 g/mol. The molecule has 33 heavy (non-hydrogen) atoms. The maximum Gasteiger partial charge on any atom is 0.332 e. The minimum absolute atomic E-state index is 0.0563. The Morgan fingerprint density at radius 2 is 1.88 bits per heavy atom. The monoisotopic (exact) mass is 463 g/mol. The number of hydrogen-bond acceptors (Lipinski definition) is 6. The van der Waals surface area contributed by atoms with Gasteiger partial charge >= 0.3 is 5.69 Å². The second kappa shape index (κ2) is 8.25. The minimum atomic E-state index is -0.542. The van der Waals surface area contributed by atoms with Crippen LogP contribution in [0.3, 0.4) is 0 Å². The molecule has 9 heteroatoms. The molecule has 0 bridgehead atoms. The number of carbonyl (C=O) groups excluding carboxylic acids is 1. The van der Waals surface area contributed by atoms with Gasteiger partial charge in [-0.25, -0.2) is 4.79 Å². The van der Waals surface area contributed by atoms with E-state index in [0.717, 1.165) is 21.3 Å². The van der Waals surface area contributed by atoms with E-state index in [1.54, 1.807) is 29.6 Å². The van der Waals surface area contributed by atoms with E-state index in [9.17, 15) is 14.4 Å². The van der Waals surface area contributed by atoms with Gasteiger partial charge in [-0.2, -0.15) is 0 Å². The fourth-order valence-corrected chi connectivity index (χ4v) is 4.71. The van der Waals surface area contributed by atoms with Gasteiger partial charge in [-0.15, -0.1) is 11.3 Å². The molecule has 2 aromatic carbocycles. The zero-order valence-corrected chi connectivity index (χ0v) is 18.9. The zero-order valence-electron chi connectivity index (χ0n) is 18.1. The van der Waals surface area contributed by atoms with Crippen LogP contribution >= 0.6 is 11.3 Å². The second-order valence-electron chi connectivity index (χ2n) is 7.88. The van der Waals surface area contributed by atoms with Crippen LogP contribution in [0.5, 0.6) is 11.5 Å². The van der Waals surface area contributed by atoms with Crippen LogP contribution in [0.25, 0.3) is 10.2 Å². The lowest BCUT2D eigenvalue weighted by atomic mass is 10.1. The molecule has 1 aliphatic rings. The van der Waals surface area contributed by atoms with Gasteiger partial charge in [0, 0.05) is 5.69 Å². The van der Waals surface area contributed by atoms with Crippen LogP contribution < -0.4 is 26.0 Å². The van der Waals surface area contributed by atoms with E-state index in [1.807, 2.05) is 32.0 Å². The van der Waals surface area contributed by atoms with E-state index in [0.29, 0.717) is 27.4 Å². The molecule has 0 radical (unpaired) electrons. The quantitative estimate of drug-likeness (QED) is 0.491. The molecule has 8 nitrogen and oxygen atoms in total. The third-order valence-electron chi connectivity index (χ3n) is 5.79. The van der Waals surface area contributed by atoms with Gasteiger partial charge < -0.3 is 14.8 Å². The SMILES string of the molecule is Cc1cccc(NC(=O)Cn2c(=O)n(Cc3ccc4c(c3)OCO4)c(=O)c3sccc32)c1C. The Balaban J connectivity index is 1.51. The van der Waals surface area contributed by atoms with Crippen molar-refractivity contribution in [3.63, 3.8) is 0 Å². The molecule has 0 unspecified atom stereocenters. The lowest BCUT2D eigenvalue weighted by Crippen LogP contribution is -2.41. The van der Waals surface area contributed by atoms with Gasteiger partial charge in [-0.1, -0.05) is 18.2 Å². The third kappa shape index (κ3) is 3.80. The first-order valence-corrected chi connectivity index (χ1v) is 11.3. The number of benzene rings is 2. The molecule has 3 heterocycles. The van der Waals surface area contributed by atoms with Crippen LogP contribution in [-0.2, 0) is 17.9 Å². The van der Waals surface area contributed by atoms with Crippen molar-refractivity contribution in [2.75, 3.05) is 12.1 Å². The van der Waals surface area contributed by atoms with Crippen molar-refractivity contribution in [3.05, 3.63) is 85.4 Å². The number of ether oxygens (including phenoxy) is 2. The number of hydrogen-bond donors (Lipinski definition) is 1. The smallest absolute Gasteiger partial charge is 0.332 e. The number of rotatable bonds is 5. The number of nitrogens with one attached hydrogen (secondary N) is 1. The summed E-state index contributed by atoms with van der Waals surface area (Å²) in [5.41, 5.74) is 2.97. The number of amides is 1. The summed E-state index contributed by atoms with van der Waals surface area (Å²) in [5, 5.41) is 4.63. The highest BCUT2D eigenvalue weighted by Crippen LogP contribution is 2.32. The summed E-state index contributed by atoms with van der Waals surface area (Å²) in [7, 11) is 0. The summed E-state index contributed by atoms with van der Waals surface area (Å²) in [6.45, 7) is 3.89. The van der Waals surface area contributed by atoms with Crippen LogP contribution in [0.2, 0.25) is 0 Å². The summed E-state index contributed by atoms with van der Waals surface area (Å²) in [5.74, 6) is 0.859. The van der Waals surface area contributed by atoms with E-state index in [2.05, 4.69) is 5.32 Å². The summed E-state index contributed by atoms with van der Waals surface area (Å²) < 4.78 is 13.7. The minimum Gasteiger partial charge on any atom is -0.454 e. The predicted octanol–water partition coefficient (Wildman–Crippen LogP) is 3.26. The summed E-state index contributed by atoms with van der Waals surface area (Å²) in [6, 6.07) is 12.6. The fraction of sp³-hybridized carbons (Fsp3) is 0.208. The summed E-state index contributed by atoms with van der Waals surface area (Å²) in [6.07, 6.45) is 0. The van der Waals surface area contributed by atoms with Gasteiger partial charge in [-0.05, 0) is 60.2 Å². The topological polar surface area (TPSA) is 91.6 Å². The van der Waals surface area contributed by atoms with Gasteiger partial charge in [0.05, 0.1) is 12.1 Å². The van der Waals surface area contributed by atoms with Crippen LogP contribution in [0.15, 0.2) is 57.4 Å². The van der Waals surface area contributed by atoms with Crippen LogP contribution in [0.4, 0.5) is 5.69 Å². The number of carbonyl (C=O) groups is 1. The van der Waals surface area contributed by atoms with Gasteiger partial charge in [0.15, 0.2) is 11.5 Å². The molecule has 0 aliphatic carbocycles. The molecule has 0 saturated heterocycles. The van der Waals surface area contributed by atoms with Crippen molar-refractivity contribution in [2.45, 2.75) is 26.9 Å². The van der Waals surface area contributed by atoms with Gasteiger partial charge in [-0.3, -0.25) is 18.7 Å². The normalized spacial score (nSPS) is 12.3. The fourth-order valence-electron chi connectivity index (χ4n) is 3.87. The number of thiophene rings is 1. The Labute approximate surface area is 192 Å². The molecule has 1 amide bonds. The molecule has 1 N–H and O–H groups in total. The van der Waals surface area contributed by atoms with Crippen LogP contribution in [0, 0.1) is 13.8 Å². The zero-order chi connectivity index (χ0) is 23.1. The first kappa shape index (κ1) is 21.0. The molecular weight excluding hydrogens is 442 g/mol. The lowest BCUT2D eigenvalue weighted by molar-refractivity contribution is -0.116. The highest BCUT2D eigenvalue weighted by Gasteiger charge is 2.19. The van der Waals surface area contributed by atoms with E-state index in [4.69, 9.17) is 9.47 Å². The van der Waals surface area contributed by atoms with Gasteiger partial charge in [0.25, 0.3) is 5.56 Å². The molecule has 0 spiro atoms. The van der Waals surface area contributed by atoms with Crippen molar-refractivity contribution in [1.82, 2.24) is 9.13 Å². The second-order valence-corrected chi connectivity index (χ2v) is 8.79.